The van der Waals surface area contributed by atoms with Gasteiger partial charge in [0.1, 0.15) is 5.82 Å². The molecule has 1 aromatic carbocycles. The molecular formula is C14H15ClN4O. The first kappa shape index (κ1) is 14.3. The summed E-state index contributed by atoms with van der Waals surface area (Å²) in [5, 5.41) is 12.0. The van der Waals surface area contributed by atoms with Gasteiger partial charge >= 0.3 is 0 Å². The van der Waals surface area contributed by atoms with E-state index in [-0.39, 0.29) is 5.91 Å². The van der Waals surface area contributed by atoms with Gasteiger partial charge in [-0.25, -0.2) is 0 Å². The Labute approximate surface area is 122 Å². The Morgan fingerprint density at radius 2 is 1.90 bits per heavy atom. The van der Waals surface area contributed by atoms with Crippen LogP contribution in [0.2, 0.25) is 5.02 Å². The number of primary amides is 1. The molecule has 0 aliphatic carbocycles. The lowest BCUT2D eigenvalue weighted by atomic mass is 10.1. The largest absolute Gasteiger partial charge is 0.370 e. The molecule has 104 valence electrons. The summed E-state index contributed by atoms with van der Waals surface area (Å²) in [7, 11) is 0. The summed E-state index contributed by atoms with van der Waals surface area (Å²) >= 11 is 5.84. The number of hydrogen-bond donors (Lipinski definition) is 2. The minimum absolute atomic E-state index is 0.295. The van der Waals surface area contributed by atoms with Crippen LogP contribution < -0.4 is 11.1 Å². The number of carbonyl (C=O) groups is 1. The van der Waals surface area contributed by atoms with E-state index in [1.807, 2.05) is 36.4 Å². The monoisotopic (exact) mass is 290 g/mol. The summed E-state index contributed by atoms with van der Waals surface area (Å²) in [6.07, 6.45) is 1.04. The lowest BCUT2D eigenvalue weighted by Crippen LogP contribution is -2.13. The van der Waals surface area contributed by atoms with Crippen molar-refractivity contribution in [1.29, 1.82) is 0 Å². The zero-order chi connectivity index (χ0) is 14.4. The first-order valence-electron chi connectivity index (χ1n) is 6.27. The van der Waals surface area contributed by atoms with Crippen LogP contribution in [0.3, 0.4) is 0 Å². The molecule has 1 aromatic heterocycles. The van der Waals surface area contributed by atoms with Crippen LogP contribution in [0.5, 0.6) is 0 Å². The normalized spacial score (nSPS) is 10.2. The highest BCUT2D eigenvalue weighted by molar-refractivity contribution is 6.30. The smallest absolute Gasteiger partial charge is 0.217 e. The zero-order valence-corrected chi connectivity index (χ0v) is 11.6. The maximum absolute atomic E-state index is 10.6. The quantitative estimate of drug-likeness (QED) is 0.801. The third-order valence-corrected chi connectivity index (χ3v) is 2.96. The van der Waals surface area contributed by atoms with Gasteiger partial charge in [0.2, 0.25) is 5.91 Å². The van der Waals surface area contributed by atoms with Crippen LogP contribution in [0.4, 0.5) is 5.82 Å². The van der Waals surface area contributed by atoms with Gasteiger partial charge in [-0.3, -0.25) is 4.79 Å². The number of carbonyl (C=O) groups excluding carboxylic acids is 1. The van der Waals surface area contributed by atoms with E-state index in [1.165, 1.54) is 0 Å². The van der Waals surface area contributed by atoms with Crippen molar-refractivity contribution in [2.45, 2.75) is 12.8 Å². The third-order valence-electron chi connectivity index (χ3n) is 2.71. The van der Waals surface area contributed by atoms with Crippen LogP contribution in [0.1, 0.15) is 12.8 Å². The van der Waals surface area contributed by atoms with Crippen LogP contribution in [0.25, 0.3) is 11.3 Å². The van der Waals surface area contributed by atoms with Crippen molar-refractivity contribution in [3.63, 3.8) is 0 Å². The molecule has 1 amide bonds. The van der Waals surface area contributed by atoms with Crippen molar-refractivity contribution in [1.82, 2.24) is 10.2 Å². The molecule has 0 atom stereocenters. The van der Waals surface area contributed by atoms with Gasteiger partial charge in [-0.2, -0.15) is 0 Å². The predicted molar refractivity (Wildman–Crippen MR) is 79.4 cm³/mol. The number of anilines is 1. The van der Waals surface area contributed by atoms with Gasteiger partial charge in [0, 0.05) is 23.6 Å². The topological polar surface area (TPSA) is 80.9 Å². The summed E-state index contributed by atoms with van der Waals surface area (Å²) < 4.78 is 0. The van der Waals surface area contributed by atoms with Crippen molar-refractivity contribution >= 4 is 23.3 Å². The van der Waals surface area contributed by atoms with E-state index in [0.717, 1.165) is 11.3 Å². The molecule has 0 aliphatic rings. The molecule has 0 spiro atoms. The lowest BCUT2D eigenvalue weighted by Gasteiger charge is -2.05. The SMILES string of the molecule is NC(=O)CCCNc1ccc(-c2ccc(Cl)cc2)nn1. The number of amides is 1. The fourth-order valence-corrected chi connectivity index (χ4v) is 1.81. The number of rotatable bonds is 6. The summed E-state index contributed by atoms with van der Waals surface area (Å²) in [5.74, 6) is 0.378. The highest BCUT2D eigenvalue weighted by atomic mass is 35.5. The Balaban J connectivity index is 1.92. The van der Waals surface area contributed by atoms with Crippen molar-refractivity contribution in [2.24, 2.45) is 5.73 Å². The van der Waals surface area contributed by atoms with Crippen LogP contribution in [-0.4, -0.2) is 22.6 Å². The molecule has 0 aliphatic heterocycles. The average molecular weight is 291 g/mol. The fourth-order valence-electron chi connectivity index (χ4n) is 1.68. The predicted octanol–water partition coefficient (Wildman–Crippen LogP) is 2.47. The number of halogens is 1. The average Bonchev–Trinajstić information content (AvgIpc) is 2.45. The minimum Gasteiger partial charge on any atom is -0.370 e. The van der Waals surface area contributed by atoms with Crippen LogP contribution in [-0.2, 0) is 4.79 Å². The number of nitrogens with one attached hydrogen (secondary N) is 1. The van der Waals surface area contributed by atoms with E-state index < -0.39 is 0 Å². The van der Waals surface area contributed by atoms with E-state index >= 15 is 0 Å². The second kappa shape index (κ2) is 6.86. The molecule has 2 aromatic rings. The molecule has 0 saturated heterocycles. The Hall–Kier alpha value is -2.14. The Morgan fingerprint density at radius 3 is 2.50 bits per heavy atom. The van der Waals surface area contributed by atoms with Crippen molar-refractivity contribution in [3.8, 4) is 11.3 Å². The highest BCUT2D eigenvalue weighted by Gasteiger charge is 2.01. The van der Waals surface area contributed by atoms with Gasteiger partial charge in [0.05, 0.1) is 5.69 Å². The number of nitrogens with two attached hydrogens (primary N) is 1. The maximum Gasteiger partial charge on any atom is 0.217 e. The van der Waals surface area contributed by atoms with Crippen LogP contribution in [0.15, 0.2) is 36.4 Å². The molecule has 0 saturated carbocycles. The fraction of sp³-hybridized carbons (Fsp3) is 0.214. The third kappa shape index (κ3) is 4.20. The minimum atomic E-state index is -0.295. The molecule has 0 unspecified atom stereocenters. The lowest BCUT2D eigenvalue weighted by molar-refractivity contribution is -0.118. The Morgan fingerprint density at radius 1 is 1.15 bits per heavy atom. The van der Waals surface area contributed by atoms with Crippen molar-refractivity contribution in [2.75, 3.05) is 11.9 Å². The second-order valence-corrected chi connectivity index (χ2v) is 4.74. The molecule has 3 N–H and O–H groups in total. The summed E-state index contributed by atoms with van der Waals surface area (Å²) in [5.41, 5.74) is 6.80. The number of nitrogens with zero attached hydrogens (tertiary/aromatic N) is 2. The first-order valence-corrected chi connectivity index (χ1v) is 6.65. The van der Waals surface area contributed by atoms with Crippen LogP contribution >= 0.6 is 11.6 Å². The summed E-state index contributed by atoms with van der Waals surface area (Å²) in [6.45, 7) is 0.637. The second-order valence-electron chi connectivity index (χ2n) is 4.31. The highest BCUT2D eigenvalue weighted by Crippen LogP contribution is 2.19. The molecule has 20 heavy (non-hydrogen) atoms. The molecular weight excluding hydrogens is 276 g/mol. The molecule has 0 bridgehead atoms. The van der Waals surface area contributed by atoms with Gasteiger partial charge in [-0.1, -0.05) is 23.7 Å². The Bertz CT molecular complexity index is 569. The molecule has 1 heterocycles. The zero-order valence-electron chi connectivity index (χ0n) is 10.8. The molecule has 2 rings (SSSR count). The van der Waals surface area contributed by atoms with Gasteiger partial charge in [-0.05, 0) is 30.7 Å². The van der Waals surface area contributed by atoms with Crippen molar-refractivity contribution in [3.05, 3.63) is 41.4 Å². The van der Waals surface area contributed by atoms with Crippen LogP contribution in [0, 0.1) is 0 Å². The van der Waals surface area contributed by atoms with E-state index in [0.29, 0.717) is 30.2 Å². The van der Waals surface area contributed by atoms with E-state index in [1.54, 1.807) is 0 Å². The Kier molecular flexibility index (Phi) is 4.90. The molecule has 5 nitrogen and oxygen atoms in total. The first-order chi connectivity index (χ1) is 9.65. The standard InChI is InChI=1S/C14H15ClN4O/c15-11-5-3-10(4-6-11)12-7-8-14(19-18-12)17-9-1-2-13(16)20/h3-8H,1-2,9H2,(H2,16,20)(H,17,19). The van der Waals surface area contributed by atoms with Gasteiger partial charge in [-0.15, -0.1) is 10.2 Å². The summed E-state index contributed by atoms with van der Waals surface area (Å²) in [6, 6.07) is 11.1. The molecule has 0 radical (unpaired) electrons. The number of hydrogen-bond acceptors (Lipinski definition) is 4. The van der Waals surface area contributed by atoms with Gasteiger partial charge in [0.25, 0.3) is 0 Å². The number of benzene rings is 1. The molecule has 6 heteroatoms. The molecule has 0 fully saturated rings. The summed E-state index contributed by atoms with van der Waals surface area (Å²) in [4.78, 5) is 10.6. The van der Waals surface area contributed by atoms with Gasteiger partial charge in [0.15, 0.2) is 0 Å². The van der Waals surface area contributed by atoms with E-state index in [4.69, 9.17) is 17.3 Å². The maximum atomic E-state index is 10.6. The number of aromatic nitrogens is 2. The van der Waals surface area contributed by atoms with E-state index in [9.17, 15) is 4.79 Å². The van der Waals surface area contributed by atoms with Gasteiger partial charge < -0.3 is 11.1 Å². The van der Waals surface area contributed by atoms with E-state index in [2.05, 4.69) is 15.5 Å². The van der Waals surface area contributed by atoms with Crippen molar-refractivity contribution < 1.29 is 4.79 Å².